The van der Waals surface area contributed by atoms with Crippen LogP contribution in [0.3, 0.4) is 0 Å². The number of nitrogens with zero attached hydrogens (tertiary/aromatic N) is 3. The molecule has 1 saturated heterocycles. The van der Waals surface area contributed by atoms with E-state index in [4.69, 9.17) is 9.47 Å². The van der Waals surface area contributed by atoms with Crippen LogP contribution in [0.15, 0.2) is 36.5 Å². The predicted octanol–water partition coefficient (Wildman–Crippen LogP) is -2.14. The molecule has 0 aliphatic carbocycles. The summed E-state index contributed by atoms with van der Waals surface area (Å²) in [5, 5.41) is 29.0. The van der Waals surface area contributed by atoms with E-state index < -0.39 is 91.7 Å². The third kappa shape index (κ3) is 27.9. The summed E-state index contributed by atoms with van der Waals surface area (Å²) in [5.41, 5.74) is 0. The molecule has 1 aliphatic heterocycles. The summed E-state index contributed by atoms with van der Waals surface area (Å²) in [4.78, 5) is 106. The van der Waals surface area contributed by atoms with Gasteiger partial charge in [-0.3, -0.25) is 14.4 Å². The monoisotopic (exact) mass is 891 g/mol. The van der Waals surface area contributed by atoms with Crippen molar-refractivity contribution < 1.29 is 96.4 Å². The quantitative estimate of drug-likeness (QED) is 0.0560. The van der Waals surface area contributed by atoms with Gasteiger partial charge in [0.25, 0.3) is 17.7 Å². The summed E-state index contributed by atoms with van der Waals surface area (Å²) in [6.45, 7) is 5.42. The minimum atomic E-state index is -1.51. The number of aliphatic hydroxyl groups excluding tert-OH is 3. The van der Waals surface area contributed by atoms with Gasteiger partial charge in [-0.1, -0.05) is 0 Å². The van der Waals surface area contributed by atoms with Crippen molar-refractivity contribution in [1.82, 2.24) is 14.7 Å². The molecular formula is C39H61N3O20. The Hall–Kier alpha value is -5.75. The van der Waals surface area contributed by atoms with Crippen LogP contribution in [-0.2, 0) is 81.0 Å². The molecule has 62 heavy (non-hydrogen) atoms. The number of aliphatic hydroxyl groups is 3. The molecule has 0 aromatic rings. The average Bonchev–Trinajstić information content (AvgIpc) is 3.29. The fourth-order valence-electron chi connectivity index (χ4n) is 4.47. The van der Waals surface area contributed by atoms with Crippen molar-refractivity contribution >= 4 is 53.5 Å². The number of carbonyl (C=O) groups excluding carboxylic acids is 9. The number of likely N-dealkylation sites (N-methyl/N-ethyl adjacent to an activating group) is 1. The fraction of sp³-hybridized carbons (Fsp3) is 0.615. The minimum absolute atomic E-state index is 0.270. The molecule has 0 aromatic heterocycles. The van der Waals surface area contributed by atoms with E-state index >= 15 is 0 Å². The van der Waals surface area contributed by atoms with Crippen molar-refractivity contribution in [1.29, 1.82) is 0 Å². The van der Waals surface area contributed by atoms with Crippen LogP contribution in [0.4, 0.5) is 0 Å². The normalized spacial score (nSPS) is 13.5. The summed E-state index contributed by atoms with van der Waals surface area (Å²) in [7, 11) is 6.49. The Morgan fingerprint density at radius 3 is 1.15 bits per heavy atom. The number of ether oxygens (including phenoxy) is 8. The van der Waals surface area contributed by atoms with Gasteiger partial charge in [-0.15, -0.1) is 0 Å². The summed E-state index contributed by atoms with van der Waals surface area (Å²) in [6, 6.07) is 0. The molecule has 1 rings (SSSR count). The molecule has 23 heteroatoms. The molecule has 23 nitrogen and oxygen atoms in total. The van der Waals surface area contributed by atoms with Gasteiger partial charge in [0.1, 0.15) is 19.8 Å². The van der Waals surface area contributed by atoms with Crippen LogP contribution < -0.4 is 0 Å². The SMILES string of the molecule is CCN(CC)C(=O)C(O)COC(=O)/C=C/C(=O)OC.COC(=O)/C=C/C(=O)OCC(O)C(=O)N1CCCCC1.COCCN(CCOC)C(=O)C(O)COC(=O)/C=C/C(=O)OC. The maximum absolute atomic E-state index is 12.1. The molecule has 0 bridgehead atoms. The standard InChI is InChI=1S/C14H23NO8.C13H19NO6.C12H19NO6/c1-20-8-6-15(7-9-21-2)14(19)11(16)10-23-13(18)5-4-12(17)22-3;1-19-11(16)5-6-12(17)20-9-10(15)13(18)14-7-3-2-4-8-14;1-4-13(5-2)12(17)9(14)8-19-11(16)7-6-10(15)18-3/h4-5,11,16H,6-10H2,1-3H3;5-6,10,15H,2-4,7-9H2,1H3;6-7,9,14H,4-5,8H2,1-3H3/b5-4+;6-5+;7-6+. The van der Waals surface area contributed by atoms with E-state index in [-0.39, 0.29) is 13.1 Å². The lowest BCUT2D eigenvalue weighted by Gasteiger charge is -2.28. The number of carbonyl (C=O) groups is 9. The second-order valence-corrected chi connectivity index (χ2v) is 12.2. The Morgan fingerprint density at radius 1 is 0.500 bits per heavy atom. The van der Waals surface area contributed by atoms with Gasteiger partial charge >= 0.3 is 35.8 Å². The van der Waals surface area contributed by atoms with Gasteiger partial charge in [-0.05, 0) is 33.1 Å². The van der Waals surface area contributed by atoms with Crippen LogP contribution in [0.25, 0.3) is 0 Å². The van der Waals surface area contributed by atoms with E-state index in [9.17, 15) is 58.5 Å². The zero-order valence-corrected chi connectivity index (χ0v) is 36.2. The van der Waals surface area contributed by atoms with Crippen molar-refractivity contribution in [2.75, 3.05) is 108 Å². The number of amides is 3. The van der Waals surface area contributed by atoms with Gasteiger partial charge in [0, 0.05) is 89.9 Å². The molecule has 0 saturated carbocycles. The topological polar surface area (TPSA) is 298 Å². The van der Waals surface area contributed by atoms with Gasteiger partial charge in [0.15, 0.2) is 18.3 Å². The first-order chi connectivity index (χ1) is 29.5. The zero-order chi connectivity index (χ0) is 47.5. The van der Waals surface area contributed by atoms with E-state index in [1.165, 1.54) is 38.2 Å². The predicted molar refractivity (Wildman–Crippen MR) is 213 cm³/mol. The highest BCUT2D eigenvalue weighted by Crippen LogP contribution is 2.10. The fourth-order valence-corrected chi connectivity index (χ4v) is 4.47. The molecule has 1 fully saturated rings. The van der Waals surface area contributed by atoms with Crippen molar-refractivity contribution in [2.45, 2.75) is 51.4 Å². The molecule has 3 amide bonds. The number of esters is 6. The highest BCUT2D eigenvalue weighted by atomic mass is 16.6. The maximum Gasteiger partial charge on any atom is 0.331 e. The number of piperidine rings is 1. The van der Waals surface area contributed by atoms with Crippen LogP contribution in [-0.4, -0.2) is 210 Å². The van der Waals surface area contributed by atoms with Gasteiger partial charge in [-0.25, -0.2) is 28.8 Å². The highest BCUT2D eigenvalue weighted by molar-refractivity contribution is 5.93. The summed E-state index contributed by atoms with van der Waals surface area (Å²) in [6.07, 6.45) is 3.87. The van der Waals surface area contributed by atoms with Gasteiger partial charge in [-0.2, -0.15) is 0 Å². The first-order valence-corrected chi connectivity index (χ1v) is 19.1. The van der Waals surface area contributed by atoms with Gasteiger partial charge in [0.2, 0.25) is 0 Å². The van der Waals surface area contributed by atoms with E-state index in [1.807, 2.05) is 0 Å². The lowest BCUT2D eigenvalue weighted by atomic mass is 10.1. The van der Waals surface area contributed by atoms with Crippen molar-refractivity contribution in [3.8, 4) is 0 Å². The van der Waals surface area contributed by atoms with Crippen molar-refractivity contribution in [2.24, 2.45) is 0 Å². The van der Waals surface area contributed by atoms with Crippen LogP contribution in [0, 0.1) is 0 Å². The molecule has 352 valence electrons. The van der Waals surface area contributed by atoms with Gasteiger partial charge in [0.05, 0.1) is 34.5 Å². The Balaban J connectivity index is 0. The first-order valence-electron chi connectivity index (χ1n) is 19.1. The van der Waals surface area contributed by atoms with E-state index in [0.717, 1.165) is 62.8 Å². The number of methoxy groups -OCH3 is 5. The van der Waals surface area contributed by atoms with Crippen LogP contribution >= 0.6 is 0 Å². The molecular weight excluding hydrogens is 830 g/mol. The molecule has 0 radical (unpaired) electrons. The summed E-state index contributed by atoms with van der Waals surface area (Å²) < 4.78 is 36.7. The number of rotatable bonds is 23. The van der Waals surface area contributed by atoms with E-state index in [1.54, 1.807) is 18.7 Å². The van der Waals surface area contributed by atoms with Crippen LogP contribution in [0.5, 0.6) is 0 Å². The molecule has 3 atom stereocenters. The second kappa shape index (κ2) is 36.0. The summed E-state index contributed by atoms with van der Waals surface area (Å²) in [5.74, 6) is -6.18. The molecule has 0 spiro atoms. The third-order valence-corrected chi connectivity index (χ3v) is 7.86. The number of hydrogen-bond donors (Lipinski definition) is 3. The highest BCUT2D eigenvalue weighted by Gasteiger charge is 2.25. The molecule has 1 heterocycles. The Morgan fingerprint density at radius 2 is 0.823 bits per heavy atom. The smallest absolute Gasteiger partial charge is 0.331 e. The van der Waals surface area contributed by atoms with E-state index in [0.29, 0.717) is 39.4 Å². The van der Waals surface area contributed by atoms with E-state index in [2.05, 4.69) is 28.4 Å². The lowest BCUT2D eigenvalue weighted by molar-refractivity contribution is -0.151. The van der Waals surface area contributed by atoms with Crippen LogP contribution in [0.1, 0.15) is 33.1 Å². The Labute approximate surface area is 360 Å². The average molecular weight is 892 g/mol. The van der Waals surface area contributed by atoms with Crippen molar-refractivity contribution in [3.05, 3.63) is 36.5 Å². The summed E-state index contributed by atoms with van der Waals surface area (Å²) >= 11 is 0. The Bertz CT molecular complexity index is 1480. The van der Waals surface area contributed by atoms with Crippen molar-refractivity contribution in [3.63, 3.8) is 0 Å². The molecule has 0 aromatic carbocycles. The first kappa shape index (κ1) is 58.3. The second-order valence-electron chi connectivity index (χ2n) is 12.2. The number of likely N-dealkylation sites (tertiary alicyclic amines) is 1. The zero-order valence-electron chi connectivity index (χ0n) is 36.2. The largest absolute Gasteiger partial charge is 0.466 e. The van der Waals surface area contributed by atoms with Crippen LogP contribution in [0.2, 0.25) is 0 Å². The molecule has 1 aliphatic rings. The van der Waals surface area contributed by atoms with Gasteiger partial charge < -0.3 is 67.9 Å². The molecule has 3 unspecified atom stereocenters. The third-order valence-electron chi connectivity index (χ3n) is 7.86. The lowest BCUT2D eigenvalue weighted by Crippen LogP contribution is -2.44. The Kier molecular flexibility index (Phi) is 33.8. The minimum Gasteiger partial charge on any atom is -0.466 e. The molecule has 3 N–H and O–H groups in total. The number of hydrogen-bond acceptors (Lipinski definition) is 20. The maximum atomic E-state index is 12.1.